The summed E-state index contributed by atoms with van der Waals surface area (Å²) in [5.41, 5.74) is 1.11. The molecule has 4 rings (SSSR count). The number of pyridine rings is 1. The van der Waals surface area contributed by atoms with Crippen LogP contribution < -0.4 is 10.3 Å². The van der Waals surface area contributed by atoms with Gasteiger partial charge in [0.05, 0.1) is 29.8 Å². The number of methoxy groups -OCH3 is 1. The van der Waals surface area contributed by atoms with Gasteiger partial charge in [0.1, 0.15) is 5.75 Å². The lowest BCUT2D eigenvalue weighted by Gasteiger charge is -2.18. The number of carboxylic acid groups (broad SMARTS) is 1. The maximum atomic E-state index is 13.8. The fourth-order valence-corrected chi connectivity index (χ4v) is 4.15. The van der Waals surface area contributed by atoms with Crippen LogP contribution in [-0.4, -0.2) is 32.3 Å². The van der Waals surface area contributed by atoms with Crippen LogP contribution in [0, 0.1) is 24.4 Å². The lowest BCUT2D eigenvalue weighted by molar-refractivity contribution is -0.139. The molecule has 11 heteroatoms. The molecule has 2 aromatic carbocycles. The molecule has 0 bridgehead atoms. The maximum Gasteiger partial charge on any atom is 0.331 e. The number of nitrogens with zero attached hydrogens (tertiary/aromatic N) is 3. The quantitative estimate of drug-likeness (QED) is 0.360. The van der Waals surface area contributed by atoms with E-state index in [0.717, 1.165) is 22.1 Å². The molecule has 0 aliphatic carbocycles. The molecule has 0 saturated carbocycles. The number of hydrogen-bond acceptors (Lipinski definition) is 4. The first-order valence-corrected chi connectivity index (χ1v) is 10.9. The van der Waals surface area contributed by atoms with Crippen LogP contribution in [0.1, 0.15) is 28.4 Å². The van der Waals surface area contributed by atoms with Crippen LogP contribution in [0.3, 0.4) is 0 Å². The van der Waals surface area contributed by atoms with E-state index in [9.17, 15) is 27.9 Å². The van der Waals surface area contributed by atoms with E-state index in [1.165, 1.54) is 13.2 Å². The largest absolute Gasteiger partial charge is 0.495 e. The third kappa shape index (κ3) is 4.85. The molecule has 2 aromatic heterocycles. The van der Waals surface area contributed by atoms with Crippen LogP contribution in [0.4, 0.5) is 13.2 Å². The van der Waals surface area contributed by atoms with Crippen molar-refractivity contribution in [1.82, 2.24) is 14.1 Å². The predicted molar refractivity (Wildman–Crippen MR) is 125 cm³/mol. The minimum absolute atomic E-state index is 0.0244. The maximum absolute atomic E-state index is 13.8. The number of rotatable bonds is 7. The van der Waals surface area contributed by atoms with Gasteiger partial charge in [-0.3, -0.25) is 9.36 Å². The Kier molecular flexibility index (Phi) is 6.89. The van der Waals surface area contributed by atoms with E-state index in [4.69, 9.17) is 16.3 Å². The number of halogens is 4. The van der Waals surface area contributed by atoms with Crippen molar-refractivity contribution in [3.05, 3.63) is 110 Å². The second-order valence-electron chi connectivity index (χ2n) is 8.04. The number of aryl methyl sites for hydroxylation is 1. The highest BCUT2D eigenvalue weighted by Crippen LogP contribution is 2.27. The van der Waals surface area contributed by atoms with Crippen LogP contribution in [0.2, 0.25) is 5.02 Å². The first-order valence-electron chi connectivity index (χ1n) is 10.5. The molecule has 0 fully saturated rings. The number of aromatic nitrogens is 3. The summed E-state index contributed by atoms with van der Waals surface area (Å²) in [7, 11) is 1.50. The van der Waals surface area contributed by atoms with Crippen molar-refractivity contribution in [1.29, 1.82) is 0 Å². The van der Waals surface area contributed by atoms with E-state index in [2.05, 4.69) is 4.98 Å². The van der Waals surface area contributed by atoms with Crippen LogP contribution in [0.5, 0.6) is 5.75 Å². The van der Waals surface area contributed by atoms with Crippen LogP contribution in [0.15, 0.2) is 59.9 Å². The van der Waals surface area contributed by atoms with Crippen LogP contribution in [-0.2, 0) is 11.2 Å². The molecule has 0 amide bonds. The SMILES string of the molecule is COc1cc(Cc2cc(Cl)cn(C(C(=O)O)c3cc(F)c(F)c(F)c3)c2=O)ccc1-n1cnc(C)c1. The first-order chi connectivity index (χ1) is 17.1. The van der Waals surface area contributed by atoms with Gasteiger partial charge >= 0.3 is 5.97 Å². The van der Waals surface area contributed by atoms with Gasteiger partial charge in [-0.2, -0.15) is 0 Å². The summed E-state index contributed by atoms with van der Waals surface area (Å²) in [5.74, 6) is -5.98. The summed E-state index contributed by atoms with van der Waals surface area (Å²) < 4.78 is 49.1. The molecule has 0 saturated heterocycles. The second kappa shape index (κ2) is 9.90. The molecule has 0 aliphatic rings. The number of imidazole rings is 1. The molecular weight excluding hydrogens is 499 g/mol. The molecule has 0 spiro atoms. The smallest absolute Gasteiger partial charge is 0.331 e. The van der Waals surface area contributed by atoms with Gasteiger partial charge in [-0.25, -0.2) is 22.9 Å². The molecule has 186 valence electrons. The Morgan fingerprint density at radius 2 is 1.83 bits per heavy atom. The topological polar surface area (TPSA) is 86.4 Å². The summed E-state index contributed by atoms with van der Waals surface area (Å²) in [5, 5.41) is 9.79. The highest BCUT2D eigenvalue weighted by atomic mass is 35.5. The zero-order valence-corrected chi connectivity index (χ0v) is 19.8. The fraction of sp³-hybridized carbons (Fsp3) is 0.160. The lowest BCUT2D eigenvalue weighted by atomic mass is 10.0. The van der Waals surface area contributed by atoms with Crippen molar-refractivity contribution < 1.29 is 27.8 Å². The van der Waals surface area contributed by atoms with Crippen LogP contribution >= 0.6 is 11.6 Å². The summed E-state index contributed by atoms with van der Waals surface area (Å²) >= 11 is 6.18. The molecule has 4 aromatic rings. The minimum Gasteiger partial charge on any atom is -0.495 e. The Bertz CT molecular complexity index is 1510. The van der Waals surface area contributed by atoms with E-state index in [1.807, 2.05) is 13.1 Å². The van der Waals surface area contributed by atoms with Crippen molar-refractivity contribution in [2.24, 2.45) is 0 Å². The minimum atomic E-state index is -1.85. The molecule has 7 nitrogen and oxygen atoms in total. The molecule has 2 heterocycles. The van der Waals surface area contributed by atoms with Crippen molar-refractivity contribution in [3.8, 4) is 11.4 Å². The molecule has 0 aliphatic heterocycles. The zero-order chi connectivity index (χ0) is 26.1. The monoisotopic (exact) mass is 517 g/mol. The third-order valence-electron chi connectivity index (χ3n) is 5.55. The Morgan fingerprint density at radius 1 is 1.14 bits per heavy atom. The lowest BCUT2D eigenvalue weighted by Crippen LogP contribution is -2.32. The van der Waals surface area contributed by atoms with Gasteiger partial charge in [-0.1, -0.05) is 17.7 Å². The molecule has 1 unspecified atom stereocenters. The third-order valence-corrected chi connectivity index (χ3v) is 5.75. The number of carbonyl (C=O) groups is 1. The van der Waals surface area contributed by atoms with Gasteiger partial charge < -0.3 is 14.4 Å². The van der Waals surface area contributed by atoms with E-state index in [-0.39, 0.29) is 17.0 Å². The van der Waals surface area contributed by atoms with Gasteiger partial charge in [-0.15, -0.1) is 0 Å². The number of benzene rings is 2. The average Bonchev–Trinajstić information content (AvgIpc) is 3.26. The highest BCUT2D eigenvalue weighted by molar-refractivity contribution is 6.30. The molecule has 0 radical (unpaired) electrons. The van der Waals surface area contributed by atoms with Crippen molar-refractivity contribution in [2.75, 3.05) is 7.11 Å². The highest BCUT2D eigenvalue weighted by Gasteiger charge is 2.27. The van der Waals surface area contributed by atoms with E-state index in [0.29, 0.717) is 23.4 Å². The first kappa shape index (κ1) is 25.1. The van der Waals surface area contributed by atoms with E-state index < -0.39 is 40.6 Å². The second-order valence-corrected chi connectivity index (χ2v) is 8.48. The van der Waals surface area contributed by atoms with Crippen molar-refractivity contribution in [2.45, 2.75) is 19.4 Å². The van der Waals surface area contributed by atoms with Gasteiger partial charge in [0.25, 0.3) is 5.56 Å². The number of hydrogen-bond donors (Lipinski definition) is 1. The van der Waals surface area contributed by atoms with Gasteiger partial charge in [-0.05, 0) is 48.4 Å². The molecule has 1 atom stereocenters. The number of ether oxygens (including phenoxy) is 1. The Balaban J connectivity index is 1.76. The summed E-state index contributed by atoms with van der Waals surface area (Å²) in [4.78, 5) is 29.5. The standard InChI is InChI=1S/C25H19ClF3N3O4/c1-13-10-31(12-30-13)20-4-3-14(6-21(20)36-2)5-16-7-17(26)11-32(24(16)33)23(25(34)35)15-8-18(27)22(29)19(28)9-15/h3-4,6-12,23H,5H2,1-2H3,(H,34,35). The summed E-state index contributed by atoms with van der Waals surface area (Å²) in [6.45, 7) is 1.85. The number of aliphatic carboxylic acids is 1. The zero-order valence-electron chi connectivity index (χ0n) is 19.0. The Hall–Kier alpha value is -4.05. The average molecular weight is 518 g/mol. The molecular formula is C25H19ClF3N3O4. The number of carboxylic acids is 1. The fourth-order valence-electron chi connectivity index (χ4n) is 3.91. The van der Waals surface area contributed by atoms with Gasteiger partial charge in [0, 0.05) is 24.4 Å². The predicted octanol–water partition coefficient (Wildman–Crippen LogP) is 4.69. The summed E-state index contributed by atoms with van der Waals surface area (Å²) in [6, 6.07) is 5.86. The molecule has 1 N–H and O–H groups in total. The molecule has 36 heavy (non-hydrogen) atoms. The van der Waals surface area contributed by atoms with Crippen LogP contribution in [0.25, 0.3) is 5.69 Å². The van der Waals surface area contributed by atoms with Gasteiger partial charge in [0.15, 0.2) is 23.5 Å². The van der Waals surface area contributed by atoms with Gasteiger partial charge in [0.2, 0.25) is 0 Å². The Morgan fingerprint density at radius 3 is 2.42 bits per heavy atom. The Labute approximate surface area is 208 Å². The van der Waals surface area contributed by atoms with E-state index >= 15 is 0 Å². The summed E-state index contributed by atoms with van der Waals surface area (Å²) in [6.07, 6.45) is 4.56. The normalized spacial score (nSPS) is 11.9. The van der Waals surface area contributed by atoms with Crippen molar-refractivity contribution >= 4 is 17.6 Å². The van der Waals surface area contributed by atoms with E-state index in [1.54, 1.807) is 29.1 Å². The van der Waals surface area contributed by atoms with Crippen molar-refractivity contribution in [3.63, 3.8) is 0 Å².